The number of nitrogens with zero attached hydrogens (tertiary/aromatic N) is 4. The summed E-state index contributed by atoms with van der Waals surface area (Å²) in [5, 5.41) is 6.37. The minimum atomic E-state index is 0.543. The first-order chi connectivity index (χ1) is 25.3. The molecule has 0 aliphatic heterocycles. The van der Waals surface area contributed by atoms with Gasteiger partial charge in [-0.1, -0.05) is 121 Å². The summed E-state index contributed by atoms with van der Waals surface area (Å²) in [6.45, 7) is 0. The van der Waals surface area contributed by atoms with Gasteiger partial charge in [0.1, 0.15) is 16.7 Å². The van der Waals surface area contributed by atoms with Crippen LogP contribution in [-0.2, 0) is 0 Å². The van der Waals surface area contributed by atoms with E-state index < -0.39 is 0 Å². The summed E-state index contributed by atoms with van der Waals surface area (Å²) in [7, 11) is 0. The van der Waals surface area contributed by atoms with Crippen molar-refractivity contribution in [1.29, 1.82) is 0 Å². The van der Waals surface area contributed by atoms with Crippen LogP contribution in [0.2, 0.25) is 0 Å². The van der Waals surface area contributed by atoms with Gasteiger partial charge in [0.05, 0.1) is 27.7 Å². The smallest absolute Gasteiger partial charge is 0.167 e. The van der Waals surface area contributed by atoms with E-state index in [0.717, 1.165) is 71.7 Å². The first-order valence-electron chi connectivity index (χ1n) is 17.0. The normalized spacial score (nSPS) is 11.9. The van der Waals surface area contributed by atoms with Crippen LogP contribution in [0.25, 0.3) is 106 Å². The molecule has 11 rings (SSSR count). The van der Waals surface area contributed by atoms with Crippen LogP contribution in [0.1, 0.15) is 0 Å². The Labute approximate surface area is 290 Å². The predicted molar refractivity (Wildman–Crippen MR) is 205 cm³/mol. The Morgan fingerprint density at radius 3 is 1.61 bits per heavy atom. The molecule has 0 aliphatic carbocycles. The molecule has 4 heterocycles. The molecule has 0 saturated heterocycles. The van der Waals surface area contributed by atoms with Crippen LogP contribution >= 0.6 is 0 Å². The van der Waals surface area contributed by atoms with Gasteiger partial charge >= 0.3 is 0 Å². The van der Waals surface area contributed by atoms with Gasteiger partial charge in [0.2, 0.25) is 0 Å². The van der Waals surface area contributed by atoms with Gasteiger partial charge in [-0.2, -0.15) is 0 Å². The van der Waals surface area contributed by atoms with E-state index in [2.05, 4.69) is 83.4 Å². The van der Waals surface area contributed by atoms with E-state index in [0.29, 0.717) is 23.1 Å². The summed E-state index contributed by atoms with van der Waals surface area (Å²) in [4.78, 5) is 14.9. The molecule has 0 fully saturated rings. The molecule has 0 spiro atoms. The second-order valence-corrected chi connectivity index (χ2v) is 12.8. The maximum Gasteiger partial charge on any atom is 0.167 e. The Morgan fingerprint density at radius 1 is 0.373 bits per heavy atom. The number of furan rings is 2. The molecular weight excluding hydrogens is 629 g/mol. The molecular formula is C45H26N4O2. The summed E-state index contributed by atoms with van der Waals surface area (Å²) in [6, 6.07) is 53.8. The Kier molecular flexibility index (Phi) is 5.86. The molecule has 0 amide bonds. The van der Waals surface area contributed by atoms with Crippen molar-refractivity contribution in [3.63, 3.8) is 0 Å². The summed E-state index contributed by atoms with van der Waals surface area (Å²) in [5.74, 6) is 1.75. The van der Waals surface area contributed by atoms with Gasteiger partial charge in [-0.15, -0.1) is 0 Å². The quantitative estimate of drug-likeness (QED) is 0.189. The number of aromatic nitrogens is 4. The fraction of sp³-hybridized carbons (Fsp3) is 0. The SMILES string of the molecule is c1ccc(-c2nc(-c3ccccc3)nc(-c3cccc4c3oc3ccc5c6cccc(-n7c8ccccc8c8ccccc87)c6oc5c34)n2)cc1. The number of rotatable bonds is 4. The molecule has 4 aromatic heterocycles. The highest BCUT2D eigenvalue weighted by Crippen LogP contribution is 2.44. The lowest BCUT2D eigenvalue weighted by Crippen LogP contribution is -2.00. The minimum Gasteiger partial charge on any atom is -0.455 e. The minimum absolute atomic E-state index is 0.543. The molecule has 0 radical (unpaired) electrons. The largest absolute Gasteiger partial charge is 0.455 e. The van der Waals surface area contributed by atoms with Gasteiger partial charge in [-0.25, -0.2) is 15.0 Å². The van der Waals surface area contributed by atoms with Gasteiger partial charge in [-0.3, -0.25) is 0 Å². The molecule has 51 heavy (non-hydrogen) atoms. The van der Waals surface area contributed by atoms with Crippen molar-refractivity contribution in [3.8, 4) is 39.9 Å². The van der Waals surface area contributed by atoms with E-state index >= 15 is 0 Å². The van der Waals surface area contributed by atoms with Gasteiger partial charge in [0.15, 0.2) is 23.1 Å². The third-order valence-corrected chi connectivity index (χ3v) is 9.87. The van der Waals surface area contributed by atoms with E-state index in [4.69, 9.17) is 23.8 Å². The molecule has 238 valence electrons. The number of hydrogen-bond donors (Lipinski definition) is 0. The lowest BCUT2D eigenvalue weighted by atomic mass is 10.1. The second kappa shape index (κ2) is 10.7. The Morgan fingerprint density at radius 2 is 0.922 bits per heavy atom. The van der Waals surface area contributed by atoms with E-state index in [1.807, 2.05) is 78.9 Å². The lowest BCUT2D eigenvalue weighted by molar-refractivity contribution is 0.662. The van der Waals surface area contributed by atoms with Crippen molar-refractivity contribution in [3.05, 3.63) is 158 Å². The fourth-order valence-electron chi connectivity index (χ4n) is 7.59. The Hall–Kier alpha value is -7.05. The number of fused-ring (bicyclic) bond motifs is 10. The maximum absolute atomic E-state index is 6.96. The molecule has 0 unspecified atom stereocenters. The Balaban J connectivity index is 1.16. The van der Waals surface area contributed by atoms with Crippen LogP contribution in [0.5, 0.6) is 0 Å². The monoisotopic (exact) mass is 654 g/mol. The van der Waals surface area contributed by atoms with Gasteiger partial charge in [0.25, 0.3) is 0 Å². The van der Waals surface area contributed by atoms with Crippen molar-refractivity contribution < 1.29 is 8.83 Å². The third-order valence-electron chi connectivity index (χ3n) is 9.87. The van der Waals surface area contributed by atoms with Crippen LogP contribution in [-0.4, -0.2) is 19.5 Å². The van der Waals surface area contributed by atoms with Crippen molar-refractivity contribution in [1.82, 2.24) is 19.5 Å². The summed E-state index contributed by atoms with van der Waals surface area (Å²) >= 11 is 0. The van der Waals surface area contributed by atoms with Crippen LogP contribution in [0.3, 0.4) is 0 Å². The van der Waals surface area contributed by atoms with Crippen LogP contribution in [0, 0.1) is 0 Å². The standard InChI is InChI=1S/C45H26N4O2/c1-3-13-27(14-4-1)43-46-44(28-15-5-2-6-16-28)48-45(47-43)34-21-11-20-33-39-38(50-40(33)34)26-25-32-31-19-12-24-37(41(31)51-42(32)39)49-35-22-9-7-17-29(35)30-18-8-10-23-36(30)49/h1-26H. The zero-order valence-electron chi connectivity index (χ0n) is 27.1. The van der Waals surface area contributed by atoms with Crippen LogP contribution < -0.4 is 0 Å². The lowest BCUT2D eigenvalue weighted by Gasteiger charge is -2.08. The Bertz CT molecular complexity index is 3030. The van der Waals surface area contributed by atoms with Gasteiger partial charge < -0.3 is 13.4 Å². The molecule has 0 atom stereocenters. The molecule has 6 nitrogen and oxygen atoms in total. The first kappa shape index (κ1) is 27.9. The average molecular weight is 655 g/mol. The summed E-state index contributed by atoms with van der Waals surface area (Å²) in [5.41, 5.74) is 8.94. The van der Waals surface area contributed by atoms with Gasteiger partial charge in [-0.05, 0) is 36.4 Å². The van der Waals surface area contributed by atoms with E-state index in [1.165, 1.54) is 10.8 Å². The second-order valence-electron chi connectivity index (χ2n) is 12.8. The topological polar surface area (TPSA) is 69.9 Å². The number of benzene rings is 7. The fourth-order valence-corrected chi connectivity index (χ4v) is 7.59. The maximum atomic E-state index is 6.96. The van der Waals surface area contributed by atoms with Crippen molar-refractivity contribution in [2.75, 3.05) is 0 Å². The highest BCUT2D eigenvalue weighted by molar-refractivity contribution is 6.24. The van der Waals surface area contributed by atoms with Gasteiger partial charge in [0, 0.05) is 38.1 Å². The molecule has 0 saturated carbocycles. The third kappa shape index (κ3) is 4.14. The highest BCUT2D eigenvalue weighted by Gasteiger charge is 2.23. The van der Waals surface area contributed by atoms with E-state index in [9.17, 15) is 0 Å². The number of para-hydroxylation sites is 4. The molecule has 6 heteroatoms. The summed E-state index contributed by atoms with van der Waals surface area (Å²) < 4.78 is 16.0. The number of hydrogen-bond acceptors (Lipinski definition) is 5. The summed E-state index contributed by atoms with van der Waals surface area (Å²) in [6.07, 6.45) is 0. The van der Waals surface area contributed by atoms with Crippen LogP contribution in [0.4, 0.5) is 0 Å². The average Bonchev–Trinajstić information content (AvgIpc) is 3.88. The predicted octanol–water partition coefficient (Wildman–Crippen LogP) is 11.8. The zero-order valence-corrected chi connectivity index (χ0v) is 27.1. The van der Waals surface area contributed by atoms with Crippen molar-refractivity contribution in [2.24, 2.45) is 0 Å². The molecule has 11 aromatic rings. The van der Waals surface area contributed by atoms with Crippen molar-refractivity contribution >= 4 is 65.7 Å². The highest BCUT2D eigenvalue weighted by atomic mass is 16.3. The zero-order chi connectivity index (χ0) is 33.5. The molecule has 0 bridgehead atoms. The van der Waals surface area contributed by atoms with Crippen molar-refractivity contribution in [2.45, 2.75) is 0 Å². The van der Waals surface area contributed by atoms with Crippen LogP contribution in [0.15, 0.2) is 167 Å². The molecule has 0 N–H and O–H groups in total. The first-order valence-corrected chi connectivity index (χ1v) is 17.0. The van der Waals surface area contributed by atoms with E-state index in [-0.39, 0.29) is 0 Å². The van der Waals surface area contributed by atoms with E-state index in [1.54, 1.807) is 0 Å². The molecule has 0 aliphatic rings. The molecule has 7 aromatic carbocycles.